The molecule has 0 bridgehead atoms. The Hall–Kier alpha value is -1.75. The van der Waals surface area contributed by atoms with E-state index in [-0.39, 0.29) is 12.3 Å². The van der Waals surface area contributed by atoms with Crippen molar-refractivity contribution in [2.45, 2.75) is 6.42 Å². The maximum atomic E-state index is 11.7. The number of carbonyl (C=O) groups is 1. The summed E-state index contributed by atoms with van der Waals surface area (Å²) in [5, 5.41) is 5.79. The highest BCUT2D eigenvalue weighted by molar-refractivity contribution is 5.79. The van der Waals surface area contributed by atoms with Crippen LogP contribution in [0.3, 0.4) is 0 Å². The van der Waals surface area contributed by atoms with Crippen LogP contribution >= 0.6 is 0 Å². The van der Waals surface area contributed by atoms with Gasteiger partial charge in [0.15, 0.2) is 0 Å². The molecule has 2 N–H and O–H groups in total. The molecule has 0 aliphatic heterocycles. The Labute approximate surface area is 107 Å². The van der Waals surface area contributed by atoms with Gasteiger partial charge in [-0.05, 0) is 25.2 Å². The van der Waals surface area contributed by atoms with E-state index < -0.39 is 0 Å². The van der Waals surface area contributed by atoms with Crippen LogP contribution in [-0.2, 0) is 11.2 Å². The molecule has 0 aromatic heterocycles. The van der Waals surface area contributed by atoms with E-state index >= 15 is 0 Å². The van der Waals surface area contributed by atoms with E-state index in [1.807, 2.05) is 13.1 Å². The summed E-state index contributed by atoms with van der Waals surface area (Å²) in [5.41, 5.74) is 0.818. The lowest BCUT2D eigenvalue weighted by Crippen LogP contribution is -2.31. The number of hydrogen-bond acceptors (Lipinski definition) is 4. The average molecular weight is 252 g/mol. The molecule has 1 aromatic carbocycles. The Morgan fingerprint density at radius 1 is 1.22 bits per heavy atom. The molecule has 1 rings (SSSR count). The summed E-state index contributed by atoms with van der Waals surface area (Å²) in [5.74, 6) is 1.38. The second-order valence-electron chi connectivity index (χ2n) is 3.81. The molecule has 5 nitrogen and oxygen atoms in total. The van der Waals surface area contributed by atoms with Gasteiger partial charge in [-0.3, -0.25) is 4.79 Å². The van der Waals surface area contributed by atoms with Crippen LogP contribution in [-0.4, -0.2) is 40.3 Å². The monoisotopic (exact) mass is 252 g/mol. The molecule has 0 heterocycles. The summed E-state index contributed by atoms with van der Waals surface area (Å²) in [6, 6.07) is 5.42. The molecule has 0 aliphatic carbocycles. The molecule has 1 amide bonds. The largest absolute Gasteiger partial charge is 0.497 e. The van der Waals surface area contributed by atoms with Crippen LogP contribution in [0.25, 0.3) is 0 Å². The Morgan fingerprint density at radius 3 is 2.61 bits per heavy atom. The van der Waals surface area contributed by atoms with Crippen molar-refractivity contribution >= 4 is 5.91 Å². The predicted octanol–water partition coefficient (Wildman–Crippen LogP) is 0.582. The number of benzene rings is 1. The Balaban J connectivity index is 2.66. The smallest absolute Gasteiger partial charge is 0.224 e. The molecular weight excluding hydrogens is 232 g/mol. The molecule has 0 saturated carbocycles. The van der Waals surface area contributed by atoms with Crippen LogP contribution < -0.4 is 20.1 Å². The zero-order chi connectivity index (χ0) is 13.4. The normalized spacial score (nSPS) is 9.94. The Bertz CT molecular complexity index is 394. The highest BCUT2D eigenvalue weighted by Gasteiger charge is 2.09. The van der Waals surface area contributed by atoms with Gasteiger partial charge in [-0.15, -0.1) is 0 Å². The van der Waals surface area contributed by atoms with E-state index in [2.05, 4.69) is 10.6 Å². The van der Waals surface area contributed by atoms with Crippen LogP contribution in [0.15, 0.2) is 18.2 Å². The second-order valence-corrected chi connectivity index (χ2v) is 3.81. The van der Waals surface area contributed by atoms with Crippen molar-refractivity contribution in [3.05, 3.63) is 23.8 Å². The fraction of sp³-hybridized carbons (Fsp3) is 0.462. The fourth-order valence-electron chi connectivity index (χ4n) is 1.58. The van der Waals surface area contributed by atoms with Gasteiger partial charge in [0.05, 0.1) is 20.6 Å². The first kappa shape index (κ1) is 14.3. The maximum absolute atomic E-state index is 11.7. The van der Waals surface area contributed by atoms with E-state index in [0.29, 0.717) is 18.0 Å². The molecule has 100 valence electrons. The van der Waals surface area contributed by atoms with E-state index in [1.54, 1.807) is 26.4 Å². The topological polar surface area (TPSA) is 59.6 Å². The van der Waals surface area contributed by atoms with Crippen molar-refractivity contribution < 1.29 is 14.3 Å². The van der Waals surface area contributed by atoms with Crippen LogP contribution in [0.4, 0.5) is 0 Å². The van der Waals surface area contributed by atoms with Crippen molar-refractivity contribution in [2.75, 3.05) is 34.4 Å². The van der Waals surface area contributed by atoms with E-state index in [9.17, 15) is 4.79 Å². The summed E-state index contributed by atoms with van der Waals surface area (Å²) in [6.07, 6.45) is 0.282. The van der Waals surface area contributed by atoms with Gasteiger partial charge in [-0.25, -0.2) is 0 Å². The summed E-state index contributed by atoms with van der Waals surface area (Å²) >= 11 is 0. The third-order valence-corrected chi connectivity index (χ3v) is 2.54. The summed E-state index contributed by atoms with van der Waals surface area (Å²) < 4.78 is 10.4. The van der Waals surface area contributed by atoms with E-state index in [4.69, 9.17) is 9.47 Å². The standard InChI is InChI=1S/C13H20N2O3/c1-14-6-7-15-13(16)9-10-8-11(17-2)4-5-12(10)18-3/h4-5,8,14H,6-7,9H2,1-3H3,(H,15,16). The first-order valence-corrected chi connectivity index (χ1v) is 5.83. The lowest BCUT2D eigenvalue weighted by atomic mass is 10.1. The van der Waals surface area contributed by atoms with Gasteiger partial charge in [0.1, 0.15) is 11.5 Å². The number of hydrogen-bond donors (Lipinski definition) is 2. The number of methoxy groups -OCH3 is 2. The minimum atomic E-state index is -0.0307. The van der Waals surface area contributed by atoms with Gasteiger partial charge in [-0.1, -0.05) is 0 Å². The fourth-order valence-corrected chi connectivity index (χ4v) is 1.58. The van der Waals surface area contributed by atoms with Crippen LogP contribution in [0, 0.1) is 0 Å². The van der Waals surface area contributed by atoms with Crippen molar-refractivity contribution in [3.63, 3.8) is 0 Å². The lowest BCUT2D eigenvalue weighted by Gasteiger charge is -2.10. The Kier molecular flexibility index (Phi) is 6.00. The predicted molar refractivity (Wildman–Crippen MR) is 70.2 cm³/mol. The highest BCUT2D eigenvalue weighted by atomic mass is 16.5. The van der Waals surface area contributed by atoms with Crippen LogP contribution in [0.1, 0.15) is 5.56 Å². The molecule has 0 saturated heterocycles. The molecule has 1 aromatic rings. The number of rotatable bonds is 7. The quantitative estimate of drug-likeness (QED) is 0.697. The highest BCUT2D eigenvalue weighted by Crippen LogP contribution is 2.24. The third kappa shape index (κ3) is 4.25. The van der Waals surface area contributed by atoms with Gasteiger partial charge < -0.3 is 20.1 Å². The minimum absolute atomic E-state index is 0.0307. The molecular formula is C13H20N2O3. The van der Waals surface area contributed by atoms with Gasteiger partial charge in [-0.2, -0.15) is 0 Å². The minimum Gasteiger partial charge on any atom is -0.497 e. The number of nitrogens with one attached hydrogen (secondary N) is 2. The SMILES string of the molecule is CNCCNC(=O)Cc1cc(OC)ccc1OC. The number of amides is 1. The molecule has 0 spiro atoms. The zero-order valence-electron chi connectivity index (χ0n) is 11.1. The third-order valence-electron chi connectivity index (χ3n) is 2.54. The average Bonchev–Trinajstić information content (AvgIpc) is 2.39. The molecule has 0 atom stereocenters. The summed E-state index contributed by atoms with van der Waals surface area (Å²) in [7, 11) is 5.03. The maximum Gasteiger partial charge on any atom is 0.224 e. The molecule has 0 fully saturated rings. The molecule has 5 heteroatoms. The molecule has 18 heavy (non-hydrogen) atoms. The lowest BCUT2D eigenvalue weighted by molar-refractivity contribution is -0.120. The van der Waals surface area contributed by atoms with Gasteiger partial charge in [0, 0.05) is 18.7 Å². The van der Waals surface area contributed by atoms with Crippen molar-refractivity contribution in [1.82, 2.24) is 10.6 Å². The summed E-state index contributed by atoms with van der Waals surface area (Å²) in [4.78, 5) is 11.7. The molecule has 0 aliphatic rings. The Morgan fingerprint density at radius 2 is 2.00 bits per heavy atom. The van der Waals surface area contributed by atoms with E-state index in [1.165, 1.54) is 0 Å². The van der Waals surface area contributed by atoms with Crippen molar-refractivity contribution in [3.8, 4) is 11.5 Å². The van der Waals surface area contributed by atoms with E-state index in [0.717, 1.165) is 12.1 Å². The summed E-state index contributed by atoms with van der Waals surface area (Å²) in [6.45, 7) is 1.36. The number of ether oxygens (including phenoxy) is 2. The molecule has 0 radical (unpaired) electrons. The molecule has 0 unspecified atom stereocenters. The van der Waals surface area contributed by atoms with Crippen molar-refractivity contribution in [1.29, 1.82) is 0 Å². The van der Waals surface area contributed by atoms with Crippen molar-refractivity contribution in [2.24, 2.45) is 0 Å². The second kappa shape index (κ2) is 7.55. The van der Waals surface area contributed by atoms with Gasteiger partial charge >= 0.3 is 0 Å². The first-order valence-electron chi connectivity index (χ1n) is 5.83. The van der Waals surface area contributed by atoms with Crippen LogP contribution in [0.2, 0.25) is 0 Å². The number of carbonyl (C=O) groups excluding carboxylic acids is 1. The first-order chi connectivity index (χ1) is 8.71. The van der Waals surface area contributed by atoms with Gasteiger partial charge in [0.25, 0.3) is 0 Å². The number of likely N-dealkylation sites (N-methyl/N-ethyl adjacent to an activating group) is 1. The van der Waals surface area contributed by atoms with Crippen LogP contribution in [0.5, 0.6) is 11.5 Å². The zero-order valence-corrected chi connectivity index (χ0v) is 11.1. The van der Waals surface area contributed by atoms with Gasteiger partial charge in [0.2, 0.25) is 5.91 Å².